The lowest BCUT2D eigenvalue weighted by molar-refractivity contribution is -0.119. The average Bonchev–Trinajstić information content (AvgIpc) is 3.37. The van der Waals surface area contributed by atoms with Gasteiger partial charge in [0.2, 0.25) is 0 Å². The number of carbonyl (C=O) groups excluding carboxylic acids is 2. The Morgan fingerprint density at radius 1 is 1.24 bits per heavy atom. The minimum Gasteiger partial charge on any atom is -0.452 e. The molecule has 34 heavy (non-hydrogen) atoms. The molecule has 0 fully saturated rings. The lowest BCUT2D eigenvalue weighted by Crippen LogP contribution is -2.21. The molecule has 1 amide bonds. The van der Waals surface area contributed by atoms with Crippen molar-refractivity contribution in [3.63, 3.8) is 0 Å². The number of fused-ring (bicyclic) bond motifs is 1. The average molecular weight is 493 g/mol. The van der Waals surface area contributed by atoms with Crippen molar-refractivity contribution < 1.29 is 18.8 Å². The Morgan fingerprint density at radius 2 is 2.03 bits per heavy atom. The Balaban J connectivity index is 1.54. The first-order valence-electron chi connectivity index (χ1n) is 10.3. The highest BCUT2D eigenvalue weighted by atomic mass is 32.2. The summed E-state index contributed by atoms with van der Waals surface area (Å²) in [6.45, 7) is 5.23. The summed E-state index contributed by atoms with van der Waals surface area (Å²) < 4.78 is 10.7. The van der Waals surface area contributed by atoms with Gasteiger partial charge in [-0.05, 0) is 45.0 Å². The largest absolute Gasteiger partial charge is 0.452 e. The van der Waals surface area contributed by atoms with Gasteiger partial charge in [0.1, 0.15) is 0 Å². The molecule has 0 aliphatic heterocycles. The van der Waals surface area contributed by atoms with Crippen LogP contribution in [0.25, 0.3) is 22.4 Å². The van der Waals surface area contributed by atoms with E-state index in [1.165, 1.54) is 11.8 Å². The highest BCUT2D eigenvalue weighted by Gasteiger charge is 2.22. The number of hydrogen-bond donors (Lipinski definition) is 1. The Hall–Kier alpha value is -3.68. The summed E-state index contributed by atoms with van der Waals surface area (Å²) in [5, 5.41) is 15.9. The van der Waals surface area contributed by atoms with E-state index in [4.69, 9.17) is 14.5 Å². The van der Waals surface area contributed by atoms with Gasteiger partial charge >= 0.3 is 5.97 Å². The zero-order valence-corrected chi connectivity index (χ0v) is 20.3. The third kappa shape index (κ3) is 4.95. The van der Waals surface area contributed by atoms with E-state index >= 15 is 0 Å². The fraction of sp³-hybridized carbons (Fsp3) is 0.208. The molecule has 0 aliphatic carbocycles. The van der Waals surface area contributed by atoms with Crippen LogP contribution < -0.4 is 5.32 Å². The maximum absolute atomic E-state index is 13.0. The number of rotatable bonds is 7. The molecular weight excluding hydrogens is 472 g/mol. The zero-order valence-electron chi connectivity index (χ0n) is 18.7. The van der Waals surface area contributed by atoms with Crippen LogP contribution in [0.2, 0.25) is 0 Å². The quantitative estimate of drug-likeness (QED) is 0.273. The Kier molecular flexibility index (Phi) is 6.95. The van der Waals surface area contributed by atoms with Crippen LogP contribution in [0, 0.1) is 32.1 Å². The number of benzene rings is 1. The predicted molar refractivity (Wildman–Crippen MR) is 131 cm³/mol. The number of esters is 1. The second-order valence-corrected chi connectivity index (χ2v) is 9.87. The van der Waals surface area contributed by atoms with Crippen molar-refractivity contribution in [2.24, 2.45) is 0 Å². The molecule has 3 aromatic heterocycles. The number of aryl methyl sites for hydroxylation is 3. The molecule has 3 heterocycles. The van der Waals surface area contributed by atoms with Gasteiger partial charge in [-0.2, -0.15) is 5.26 Å². The molecule has 1 aromatic carbocycles. The normalized spacial score (nSPS) is 10.8. The Morgan fingerprint density at radius 3 is 2.76 bits per heavy atom. The molecule has 0 spiro atoms. The van der Waals surface area contributed by atoms with E-state index in [0.717, 1.165) is 20.2 Å². The van der Waals surface area contributed by atoms with Crippen molar-refractivity contribution in [1.29, 1.82) is 5.26 Å². The van der Waals surface area contributed by atoms with Crippen LogP contribution in [-0.2, 0) is 9.53 Å². The summed E-state index contributed by atoms with van der Waals surface area (Å²) in [7, 11) is 0. The number of pyridine rings is 1. The number of para-hydroxylation sites is 1. The van der Waals surface area contributed by atoms with Crippen LogP contribution >= 0.6 is 23.1 Å². The van der Waals surface area contributed by atoms with Crippen LogP contribution in [0.4, 0.5) is 5.69 Å². The molecule has 0 saturated carbocycles. The van der Waals surface area contributed by atoms with Gasteiger partial charge in [-0.1, -0.05) is 17.3 Å². The number of anilines is 1. The van der Waals surface area contributed by atoms with E-state index in [0.29, 0.717) is 22.5 Å². The number of nitrogens with zero attached hydrogens (tertiary/aromatic N) is 3. The van der Waals surface area contributed by atoms with E-state index in [2.05, 4.69) is 21.5 Å². The Bertz CT molecular complexity index is 1430. The third-order valence-corrected chi connectivity index (χ3v) is 6.85. The summed E-state index contributed by atoms with van der Waals surface area (Å²) in [5.41, 5.74) is 3.00. The standard InChI is InChI=1S/C24H20N4O4S2/c1-13-10-16(15(3)34-13)19-11-17(22-14(2)28-32-23(22)27-19)24(30)31-12-21(29)26-18-6-4-5-7-20(18)33-9-8-25/h4-7,10-11H,9,12H2,1-3H3,(H,26,29). The first-order valence-corrected chi connectivity index (χ1v) is 12.1. The smallest absolute Gasteiger partial charge is 0.339 e. The van der Waals surface area contributed by atoms with Crippen molar-refractivity contribution in [2.75, 3.05) is 17.7 Å². The Labute approximate surface area is 203 Å². The summed E-state index contributed by atoms with van der Waals surface area (Å²) in [4.78, 5) is 33.0. The van der Waals surface area contributed by atoms with E-state index < -0.39 is 18.5 Å². The molecule has 0 saturated heterocycles. The number of nitriles is 1. The number of ether oxygens (including phenoxy) is 1. The first kappa shape index (κ1) is 23.5. The van der Waals surface area contributed by atoms with Crippen LogP contribution in [0.3, 0.4) is 0 Å². The number of nitrogens with one attached hydrogen (secondary N) is 1. The summed E-state index contributed by atoms with van der Waals surface area (Å²) >= 11 is 2.94. The molecule has 0 atom stereocenters. The zero-order chi connectivity index (χ0) is 24.2. The van der Waals surface area contributed by atoms with Crippen molar-refractivity contribution in [2.45, 2.75) is 25.7 Å². The van der Waals surface area contributed by atoms with Crippen LogP contribution in [0.5, 0.6) is 0 Å². The van der Waals surface area contributed by atoms with Gasteiger partial charge in [-0.15, -0.1) is 23.1 Å². The number of amides is 1. The number of thioether (sulfide) groups is 1. The maximum atomic E-state index is 13.0. The van der Waals surface area contributed by atoms with E-state index in [-0.39, 0.29) is 17.0 Å². The van der Waals surface area contributed by atoms with Gasteiger partial charge in [0.15, 0.2) is 6.61 Å². The highest BCUT2D eigenvalue weighted by molar-refractivity contribution is 7.99. The van der Waals surface area contributed by atoms with Crippen LogP contribution in [0.15, 0.2) is 45.8 Å². The summed E-state index contributed by atoms with van der Waals surface area (Å²) in [5.74, 6) is -0.911. The molecule has 8 nitrogen and oxygen atoms in total. The van der Waals surface area contributed by atoms with Gasteiger partial charge in [0.25, 0.3) is 11.6 Å². The lowest BCUT2D eigenvalue weighted by atomic mass is 10.1. The third-order valence-electron chi connectivity index (χ3n) is 4.94. The number of aromatic nitrogens is 2. The monoisotopic (exact) mass is 492 g/mol. The van der Waals surface area contributed by atoms with E-state index in [9.17, 15) is 9.59 Å². The SMILES string of the molecule is Cc1cc(-c2cc(C(=O)OCC(=O)Nc3ccccc3SCC#N)c3c(C)noc3n2)c(C)s1. The van der Waals surface area contributed by atoms with Crippen molar-refractivity contribution >= 4 is 51.8 Å². The minimum atomic E-state index is -0.674. The van der Waals surface area contributed by atoms with E-state index in [1.807, 2.05) is 32.0 Å². The topological polar surface area (TPSA) is 118 Å². The summed E-state index contributed by atoms with van der Waals surface area (Å²) in [6, 6.07) is 12.8. The molecule has 172 valence electrons. The summed E-state index contributed by atoms with van der Waals surface area (Å²) in [6.07, 6.45) is 0. The first-order chi connectivity index (χ1) is 16.4. The van der Waals surface area contributed by atoms with E-state index in [1.54, 1.807) is 36.5 Å². The highest BCUT2D eigenvalue weighted by Crippen LogP contribution is 2.33. The van der Waals surface area contributed by atoms with Gasteiger partial charge in [-0.3, -0.25) is 4.79 Å². The van der Waals surface area contributed by atoms with Gasteiger partial charge in [0, 0.05) is 20.2 Å². The maximum Gasteiger partial charge on any atom is 0.339 e. The molecule has 1 N–H and O–H groups in total. The molecule has 0 bridgehead atoms. The lowest BCUT2D eigenvalue weighted by Gasteiger charge is -2.11. The van der Waals surface area contributed by atoms with Crippen LogP contribution in [0.1, 0.15) is 25.8 Å². The predicted octanol–water partition coefficient (Wildman–Crippen LogP) is 5.29. The fourth-order valence-electron chi connectivity index (χ4n) is 3.48. The van der Waals surface area contributed by atoms with Gasteiger partial charge in [0.05, 0.1) is 39.8 Å². The molecule has 0 aliphatic rings. The molecule has 0 radical (unpaired) electrons. The fourth-order valence-corrected chi connectivity index (χ4v) is 5.08. The molecule has 0 unspecified atom stereocenters. The number of hydrogen-bond acceptors (Lipinski definition) is 9. The second-order valence-electron chi connectivity index (χ2n) is 7.40. The van der Waals surface area contributed by atoms with Gasteiger partial charge < -0.3 is 14.6 Å². The molecular formula is C24H20N4O4S2. The molecule has 4 aromatic rings. The van der Waals surface area contributed by atoms with Crippen molar-refractivity contribution in [3.05, 3.63) is 57.4 Å². The molecule has 10 heteroatoms. The number of thiophene rings is 1. The number of carbonyl (C=O) groups is 2. The van der Waals surface area contributed by atoms with Crippen LogP contribution in [-0.4, -0.2) is 34.4 Å². The van der Waals surface area contributed by atoms with Gasteiger partial charge in [-0.25, -0.2) is 9.78 Å². The molecule has 4 rings (SSSR count). The minimum absolute atomic E-state index is 0.234. The second kappa shape index (κ2) is 10.1. The van der Waals surface area contributed by atoms with Crippen molar-refractivity contribution in [1.82, 2.24) is 10.1 Å². The van der Waals surface area contributed by atoms with Crippen molar-refractivity contribution in [3.8, 4) is 17.3 Å².